The Morgan fingerprint density at radius 1 is 1.10 bits per heavy atom. The fourth-order valence-electron chi connectivity index (χ4n) is 3.76. The number of nitrogens with zero attached hydrogens (tertiary/aromatic N) is 4. The second-order valence-electron chi connectivity index (χ2n) is 7.26. The van der Waals surface area contributed by atoms with Gasteiger partial charge in [-0.2, -0.15) is 0 Å². The maximum Gasteiger partial charge on any atom is 0.150 e. The zero-order valence-electron chi connectivity index (χ0n) is 16.0. The lowest BCUT2D eigenvalue weighted by Gasteiger charge is -2.33. The van der Waals surface area contributed by atoms with Crippen LogP contribution < -0.4 is 16.0 Å². The Hall–Kier alpha value is -3.03. The Bertz CT molecular complexity index is 1130. The van der Waals surface area contributed by atoms with E-state index in [1.54, 1.807) is 17.5 Å². The van der Waals surface area contributed by atoms with Crippen molar-refractivity contribution < 1.29 is 0 Å². The number of pyridine rings is 2. The van der Waals surface area contributed by atoms with E-state index < -0.39 is 0 Å². The van der Waals surface area contributed by atoms with Crippen LogP contribution in [0, 0.1) is 0 Å². The molecule has 0 aliphatic carbocycles. The van der Waals surface area contributed by atoms with Gasteiger partial charge in [-0.15, -0.1) is 11.3 Å². The standard InChI is InChI=1S/C22H22N6S/c23-16-7-4-12-28(14-16)19-9-10-24-13-18(19)26-21-20-17(8-11-25-21)27-22(29-20)15-5-2-1-3-6-15/h1-3,5-6,8-11,13,16H,4,7,12,14,23H2,(H,25,26)/t16-/m0/s1. The number of nitrogens with one attached hydrogen (secondary N) is 1. The molecule has 4 heterocycles. The quantitative estimate of drug-likeness (QED) is 0.526. The highest BCUT2D eigenvalue weighted by atomic mass is 32.1. The molecule has 1 saturated heterocycles. The predicted molar refractivity (Wildman–Crippen MR) is 120 cm³/mol. The predicted octanol–water partition coefficient (Wildman–Crippen LogP) is 4.42. The van der Waals surface area contributed by atoms with Gasteiger partial charge in [0.2, 0.25) is 0 Å². The Balaban J connectivity index is 1.51. The molecule has 1 atom stereocenters. The maximum atomic E-state index is 6.20. The van der Waals surface area contributed by atoms with Gasteiger partial charge in [0.15, 0.2) is 0 Å². The van der Waals surface area contributed by atoms with Crippen LogP contribution in [0.1, 0.15) is 12.8 Å². The first-order chi connectivity index (χ1) is 14.3. The van der Waals surface area contributed by atoms with Crippen molar-refractivity contribution in [2.45, 2.75) is 18.9 Å². The van der Waals surface area contributed by atoms with Gasteiger partial charge < -0.3 is 16.0 Å². The van der Waals surface area contributed by atoms with E-state index in [4.69, 9.17) is 10.7 Å². The van der Waals surface area contributed by atoms with Crippen molar-refractivity contribution in [2.24, 2.45) is 5.73 Å². The fraction of sp³-hybridized carbons (Fsp3) is 0.227. The normalized spacial score (nSPS) is 16.9. The van der Waals surface area contributed by atoms with Crippen LogP contribution in [0.5, 0.6) is 0 Å². The SMILES string of the molecule is N[C@H]1CCCN(c2ccncc2Nc2nccc3nc(-c4ccccc4)sc23)C1. The summed E-state index contributed by atoms with van der Waals surface area (Å²) >= 11 is 1.65. The summed E-state index contributed by atoms with van der Waals surface area (Å²) in [6, 6.07) is 14.4. The van der Waals surface area contributed by atoms with Crippen LogP contribution in [-0.4, -0.2) is 34.1 Å². The summed E-state index contributed by atoms with van der Waals surface area (Å²) in [5, 5.41) is 4.50. The van der Waals surface area contributed by atoms with Gasteiger partial charge in [-0.25, -0.2) is 9.97 Å². The summed E-state index contributed by atoms with van der Waals surface area (Å²) in [4.78, 5) is 16.1. The minimum Gasteiger partial charge on any atom is -0.368 e. The lowest BCUT2D eigenvalue weighted by Crippen LogP contribution is -2.43. The highest BCUT2D eigenvalue weighted by Crippen LogP contribution is 2.36. The Morgan fingerprint density at radius 3 is 2.86 bits per heavy atom. The highest BCUT2D eigenvalue weighted by Gasteiger charge is 2.20. The number of anilines is 3. The molecule has 29 heavy (non-hydrogen) atoms. The zero-order chi connectivity index (χ0) is 19.6. The number of hydrogen-bond acceptors (Lipinski definition) is 7. The zero-order valence-corrected chi connectivity index (χ0v) is 16.8. The Morgan fingerprint density at radius 2 is 2.00 bits per heavy atom. The van der Waals surface area contributed by atoms with Crippen molar-refractivity contribution in [2.75, 3.05) is 23.3 Å². The van der Waals surface area contributed by atoms with Crippen molar-refractivity contribution in [3.05, 3.63) is 61.1 Å². The summed E-state index contributed by atoms with van der Waals surface area (Å²) in [6.07, 6.45) is 7.66. The monoisotopic (exact) mass is 402 g/mol. The number of nitrogens with two attached hydrogens (primary N) is 1. The molecule has 7 heteroatoms. The van der Waals surface area contributed by atoms with Crippen molar-refractivity contribution in [1.82, 2.24) is 15.0 Å². The van der Waals surface area contributed by atoms with E-state index in [0.717, 1.165) is 63.9 Å². The second kappa shape index (κ2) is 7.77. The summed E-state index contributed by atoms with van der Waals surface area (Å²) in [6.45, 7) is 1.86. The molecule has 1 aromatic carbocycles. The molecule has 146 valence electrons. The molecule has 3 N–H and O–H groups in total. The molecule has 0 amide bonds. The molecule has 0 radical (unpaired) electrons. The van der Waals surface area contributed by atoms with Gasteiger partial charge in [0.1, 0.15) is 10.8 Å². The number of aromatic nitrogens is 3. The van der Waals surface area contributed by atoms with E-state index in [0.29, 0.717) is 0 Å². The van der Waals surface area contributed by atoms with Crippen molar-refractivity contribution in [3.63, 3.8) is 0 Å². The van der Waals surface area contributed by atoms with Crippen LogP contribution >= 0.6 is 11.3 Å². The average molecular weight is 403 g/mol. The lowest BCUT2D eigenvalue weighted by molar-refractivity contribution is 0.506. The molecule has 0 unspecified atom stereocenters. The van der Waals surface area contributed by atoms with Crippen LogP contribution in [-0.2, 0) is 0 Å². The minimum absolute atomic E-state index is 0.209. The highest BCUT2D eigenvalue weighted by molar-refractivity contribution is 7.22. The molecule has 1 aliphatic rings. The van der Waals surface area contributed by atoms with Gasteiger partial charge in [0.25, 0.3) is 0 Å². The van der Waals surface area contributed by atoms with E-state index in [2.05, 4.69) is 32.3 Å². The van der Waals surface area contributed by atoms with E-state index >= 15 is 0 Å². The van der Waals surface area contributed by atoms with Crippen LogP contribution in [0.3, 0.4) is 0 Å². The van der Waals surface area contributed by atoms with Crippen LogP contribution in [0.25, 0.3) is 20.8 Å². The molecular weight excluding hydrogens is 380 g/mol. The van der Waals surface area contributed by atoms with Gasteiger partial charge >= 0.3 is 0 Å². The Kier molecular flexibility index (Phi) is 4.83. The first-order valence-corrected chi connectivity index (χ1v) is 10.6. The summed E-state index contributed by atoms with van der Waals surface area (Å²) < 4.78 is 1.04. The fourth-order valence-corrected chi connectivity index (χ4v) is 4.77. The molecule has 0 saturated carbocycles. The molecule has 5 rings (SSSR count). The smallest absolute Gasteiger partial charge is 0.150 e. The first-order valence-electron chi connectivity index (χ1n) is 9.80. The van der Waals surface area contributed by atoms with Gasteiger partial charge in [-0.05, 0) is 25.0 Å². The molecular formula is C22H22N6S. The van der Waals surface area contributed by atoms with Crippen molar-refractivity contribution in [1.29, 1.82) is 0 Å². The number of piperidine rings is 1. The van der Waals surface area contributed by atoms with E-state index in [9.17, 15) is 0 Å². The molecule has 1 aliphatic heterocycles. The van der Waals surface area contributed by atoms with Crippen LogP contribution in [0.4, 0.5) is 17.2 Å². The third kappa shape index (κ3) is 3.66. The second-order valence-corrected chi connectivity index (χ2v) is 8.26. The number of fused-ring (bicyclic) bond motifs is 1. The van der Waals surface area contributed by atoms with Crippen molar-refractivity contribution in [3.8, 4) is 10.6 Å². The van der Waals surface area contributed by atoms with Gasteiger partial charge in [-0.3, -0.25) is 4.98 Å². The Labute approximate surface area is 173 Å². The largest absolute Gasteiger partial charge is 0.368 e. The van der Waals surface area contributed by atoms with E-state index in [1.165, 1.54) is 0 Å². The number of thiazole rings is 1. The van der Waals surface area contributed by atoms with Crippen molar-refractivity contribution >= 4 is 38.7 Å². The number of benzene rings is 1. The van der Waals surface area contributed by atoms with E-state index in [1.807, 2.05) is 42.7 Å². The third-order valence-corrected chi connectivity index (χ3v) is 6.30. The number of rotatable bonds is 4. The average Bonchev–Trinajstić information content (AvgIpc) is 3.20. The van der Waals surface area contributed by atoms with Crippen LogP contribution in [0.15, 0.2) is 61.1 Å². The van der Waals surface area contributed by atoms with Crippen LogP contribution in [0.2, 0.25) is 0 Å². The maximum absolute atomic E-state index is 6.20. The molecule has 1 fully saturated rings. The van der Waals surface area contributed by atoms with E-state index in [-0.39, 0.29) is 6.04 Å². The van der Waals surface area contributed by atoms with Gasteiger partial charge in [0.05, 0.1) is 27.8 Å². The third-order valence-electron chi connectivity index (χ3n) is 5.17. The lowest BCUT2D eigenvalue weighted by atomic mass is 10.1. The van der Waals surface area contributed by atoms with Gasteiger partial charge in [0, 0.05) is 37.1 Å². The molecule has 4 aromatic rings. The molecule has 6 nitrogen and oxygen atoms in total. The summed E-state index contributed by atoms with van der Waals surface area (Å²) in [5.74, 6) is 0.803. The molecule has 0 bridgehead atoms. The number of hydrogen-bond donors (Lipinski definition) is 2. The first kappa shape index (κ1) is 18.0. The molecule has 3 aromatic heterocycles. The molecule has 0 spiro atoms. The van der Waals surface area contributed by atoms with Gasteiger partial charge in [-0.1, -0.05) is 30.3 Å². The minimum atomic E-state index is 0.209. The summed E-state index contributed by atoms with van der Waals surface area (Å²) in [7, 11) is 0. The summed E-state index contributed by atoms with van der Waals surface area (Å²) in [5.41, 5.74) is 10.3. The topological polar surface area (TPSA) is 80.0 Å².